The fraction of sp³-hybridized carbons (Fsp3) is 0.833. The van der Waals surface area contributed by atoms with Crippen molar-refractivity contribution in [3.8, 4) is 0 Å². The molecule has 0 amide bonds. The van der Waals surface area contributed by atoms with Crippen LogP contribution in [0.15, 0.2) is 4.99 Å². The van der Waals surface area contributed by atoms with Gasteiger partial charge in [-0.05, 0) is 0 Å². The Labute approximate surface area is 56.8 Å². The number of aliphatic imine (C=N–C) groups is 1. The molecular formula is C6H15N3. The second kappa shape index (κ2) is 3.33. The number of hydrogen-bond acceptors (Lipinski definition) is 1. The lowest BCUT2D eigenvalue weighted by molar-refractivity contribution is 0.562. The molecule has 0 aromatic carbocycles. The van der Waals surface area contributed by atoms with Gasteiger partial charge in [-0.3, -0.25) is 4.99 Å². The van der Waals surface area contributed by atoms with Crippen LogP contribution in [0.3, 0.4) is 0 Å². The second-order valence-corrected chi connectivity index (χ2v) is 1.90. The number of hydrogen-bond donors (Lipinski definition) is 1. The maximum Gasteiger partial charge on any atom is 0.193 e. The summed E-state index contributed by atoms with van der Waals surface area (Å²) in [5, 5.41) is 3.13. The maximum absolute atomic E-state index is 4.00. The van der Waals surface area contributed by atoms with Crippen LogP contribution in [0.1, 0.15) is 7.43 Å². The van der Waals surface area contributed by atoms with Gasteiger partial charge in [0.15, 0.2) is 5.96 Å². The van der Waals surface area contributed by atoms with Crippen molar-refractivity contribution in [3.05, 3.63) is 0 Å². The number of rotatable bonds is 0. The third kappa shape index (κ3) is 1.59. The summed E-state index contributed by atoms with van der Waals surface area (Å²) in [7, 11) is 3.83. The Morgan fingerprint density at radius 1 is 1.67 bits per heavy atom. The van der Waals surface area contributed by atoms with Crippen molar-refractivity contribution in [2.45, 2.75) is 7.43 Å². The minimum Gasteiger partial charge on any atom is -0.354 e. The smallest absolute Gasteiger partial charge is 0.193 e. The van der Waals surface area contributed by atoms with Crippen LogP contribution in [0, 0.1) is 0 Å². The Bertz CT molecular complexity index is 109. The molecule has 0 bridgehead atoms. The van der Waals surface area contributed by atoms with Crippen LogP contribution in [0.5, 0.6) is 0 Å². The standard InChI is InChI=1S/C5H11N3.CH4/c1-6-5-7-3-4-8(5)2;/h3-4H2,1-2H3,(H,6,7);1H4. The molecule has 1 aliphatic rings. The zero-order valence-corrected chi connectivity index (χ0v) is 5.31. The number of guanidine groups is 1. The van der Waals surface area contributed by atoms with Gasteiger partial charge in [0.05, 0.1) is 0 Å². The van der Waals surface area contributed by atoms with Crippen molar-refractivity contribution in [2.75, 3.05) is 27.2 Å². The van der Waals surface area contributed by atoms with Crippen LogP contribution < -0.4 is 5.32 Å². The molecule has 1 aliphatic heterocycles. The Morgan fingerprint density at radius 2 is 2.33 bits per heavy atom. The van der Waals surface area contributed by atoms with Gasteiger partial charge in [0, 0.05) is 27.2 Å². The largest absolute Gasteiger partial charge is 0.354 e. The van der Waals surface area contributed by atoms with Crippen molar-refractivity contribution >= 4 is 5.96 Å². The van der Waals surface area contributed by atoms with E-state index in [0.29, 0.717) is 0 Å². The number of nitrogens with one attached hydrogen (secondary N) is 1. The fourth-order valence-electron chi connectivity index (χ4n) is 0.826. The zero-order chi connectivity index (χ0) is 5.98. The van der Waals surface area contributed by atoms with Gasteiger partial charge in [-0.25, -0.2) is 0 Å². The minimum absolute atomic E-state index is 0. The first-order valence-corrected chi connectivity index (χ1v) is 2.76. The summed E-state index contributed by atoms with van der Waals surface area (Å²) < 4.78 is 0. The van der Waals surface area contributed by atoms with E-state index in [2.05, 4.69) is 15.2 Å². The number of likely N-dealkylation sites (N-methyl/N-ethyl adjacent to an activating group) is 1. The predicted molar refractivity (Wildman–Crippen MR) is 40.7 cm³/mol. The van der Waals surface area contributed by atoms with Gasteiger partial charge >= 0.3 is 0 Å². The van der Waals surface area contributed by atoms with E-state index >= 15 is 0 Å². The summed E-state index contributed by atoms with van der Waals surface area (Å²) in [5.74, 6) is 1.00. The SMILES string of the molecule is C.CN=C1NCCN1C. The predicted octanol–water partition coefficient (Wildman–Crippen LogP) is 0.143. The minimum atomic E-state index is 0. The molecule has 0 unspecified atom stereocenters. The summed E-state index contributed by atoms with van der Waals surface area (Å²) in [6, 6.07) is 0. The van der Waals surface area contributed by atoms with Crippen LogP contribution in [0.2, 0.25) is 0 Å². The molecule has 3 nitrogen and oxygen atoms in total. The van der Waals surface area contributed by atoms with Gasteiger partial charge in [-0.2, -0.15) is 0 Å². The summed E-state index contributed by atoms with van der Waals surface area (Å²) in [6.07, 6.45) is 0. The molecule has 0 atom stereocenters. The first-order chi connectivity index (χ1) is 3.84. The molecule has 1 heterocycles. The van der Waals surface area contributed by atoms with Crippen LogP contribution >= 0.6 is 0 Å². The molecular weight excluding hydrogens is 114 g/mol. The van der Waals surface area contributed by atoms with E-state index in [9.17, 15) is 0 Å². The molecule has 1 N–H and O–H groups in total. The second-order valence-electron chi connectivity index (χ2n) is 1.90. The highest BCUT2D eigenvalue weighted by atomic mass is 15.3. The fourth-order valence-corrected chi connectivity index (χ4v) is 0.826. The summed E-state index contributed by atoms with van der Waals surface area (Å²) in [5.41, 5.74) is 0. The van der Waals surface area contributed by atoms with Gasteiger partial charge in [-0.1, -0.05) is 7.43 Å². The van der Waals surface area contributed by atoms with Crippen molar-refractivity contribution in [1.82, 2.24) is 10.2 Å². The lowest BCUT2D eigenvalue weighted by atomic mass is 10.7. The van der Waals surface area contributed by atoms with Gasteiger partial charge in [0.25, 0.3) is 0 Å². The van der Waals surface area contributed by atoms with Crippen LogP contribution in [0.25, 0.3) is 0 Å². The lowest BCUT2D eigenvalue weighted by Gasteiger charge is -2.07. The topological polar surface area (TPSA) is 27.6 Å². The Hall–Kier alpha value is -0.730. The van der Waals surface area contributed by atoms with Gasteiger partial charge < -0.3 is 10.2 Å². The first kappa shape index (κ1) is 8.27. The van der Waals surface area contributed by atoms with Crippen molar-refractivity contribution in [1.29, 1.82) is 0 Å². The van der Waals surface area contributed by atoms with Gasteiger partial charge in [0.2, 0.25) is 0 Å². The molecule has 0 aliphatic carbocycles. The molecule has 0 spiro atoms. The average Bonchev–Trinajstić information content (AvgIpc) is 2.14. The van der Waals surface area contributed by atoms with Crippen LogP contribution in [-0.2, 0) is 0 Å². The molecule has 9 heavy (non-hydrogen) atoms. The van der Waals surface area contributed by atoms with E-state index in [1.165, 1.54) is 0 Å². The highest BCUT2D eigenvalue weighted by Gasteiger charge is 2.10. The highest BCUT2D eigenvalue weighted by molar-refractivity contribution is 5.81. The molecule has 1 saturated heterocycles. The molecule has 0 radical (unpaired) electrons. The molecule has 0 aromatic heterocycles. The normalized spacial score (nSPS) is 21.6. The third-order valence-corrected chi connectivity index (χ3v) is 1.30. The molecule has 3 heteroatoms. The molecule has 1 fully saturated rings. The van der Waals surface area contributed by atoms with Crippen molar-refractivity contribution in [2.24, 2.45) is 4.99 Å². The van der Waals surface area contributed by atoms with Crippen LogP contribution in [-0.4, -0.2) is 38.0 Å². The van der Waals surface area contributed by atoms with Gasteiger partial charge in [0.1, 0.15) is 0 Å². The summed E-state index contributed by atoms with van der Waals surface area (Å²) in [4.78, 5) is 6.10. The summed E-state index contributed by atoms with van der Waals surface area (Å²) >= 11 is 0. The molecule has 54 valence electrons. The van der Waals surface area contributed by atoms with E-state index in [1.807, 2.05) is 7.05 Å². The van der Waals surface area contributed by atoms with E-state index in [1.54, 1.807) is 7.05 Å². The maximum atomic E-state index is 4.00. The lowest BCUT2D eigenvalue weighted by Crippen LogP contribution is -2.25. The van der Waals surface area contributed by atoms with E-state index in [0.717, 1.165) is 19.0 Å². The highest BCUT2D eigenvalue weighted by Crippen LogP contribution is 1.89. The Kier molecular flexibility index (Phi) is 3.06. The quantitative estimate of drug-likeness (QED) is 0.504. The van der Waals surface area contributed by atoms with Crippen LogP contribution in [0.4, 0.5) is 0 Å². The van der Waals surface area contributed by atoms with Gasteiger partial charge in [-0.15, -0.1) is 0 Å². The first-order valence-electron chi connectivity index (χ1n) is 2.76. The van der Waals surface area contributed by atoms with E-state index in [4.69, 9.17) is 0 Å². The monoisotopic (exact) mass is 129 g/mol. The number of nitrogens with zero attached hydrogens (tertiary/aromatic N) is 2. The van der Waals surface area contributed by atoms with E-state index < -0.39 is 0 Å². The molecule has 1 rings (SSSR count). The molecule has 0 aromatic rings. The van der Waals surface area contributed by atoms with E-state index in [-0.39, 0.29) is 7.43 Å². The van der Waals surface area contributed by atoms with Crippen molar-refractivity contribution < 1.29 is 0 Å². The molecule has 0 saturated carbocycles. The third-order valence-electron chi connectivity index (χ3n) is 1.30. The Balaban J connectivity index is 0.000000640. The van der Waals surface area contributed by atoms with Crippen molar-refractivity contribution in [3.63, 3.8) is 0 Å². The summed E-state index contributed by atoms with van der Waals surface area (Å²) in [6.45, 7) is 2.11. The Morgan fingerprint density at radius 3 is 2.56 bits per heavy atom. The average molecular weight is 129 g/mol. The zero-order valence-electron chi connectivity index (χ0n) is 5.31.